The van der Waals surface area contributed by atoms with Gasteiger partial charge in [0.05, 0.1) is 6.20 Å². The zero-order chi connectivity index (χ0) is 12.5. The molecule has 1 aromatic rings. The van der Waals surface area contributed by atoms with Gasteiger partial charge in [-0.1, -0.05) is 0 Å². The van der Waals surface area contributed by atoms with Crippen LogP contribution in [0.5, 0.6) is 0 Å². The second kappa shape index (κ2) is 4.75. The summed E-state index contributed by atoms with van der Waals surface area (Å²) in [6.07, 6.45) is 3.52. The fourth-order valence-corrected chi connectivity index (χ4v) is 3.10. The highest BCUT2D eigenvalue weighted by Crippen LogP contribution is 2.14. The molecule has 0 spiro atoms. The topological polar surface area (TPSA) is 78.1 Å². The Morgan fingerprint density at radius 2 is 2.41 bits per heavy atom. The van der Waals surface area contributed by atoms with E-state index in [1.165, 1.54) is 6.20 Å². The predicted molar refractivity (Wildman–Crippen MR) is 64.2 cm³/mol. The first kappa shape index (κ1) is 12.5. The fraction of sp³-hybridized carbons (Fsp3) is 0.700. The van der Waals surface area contributed by atoms with E-state index in [0.717, 1.165) is 19.4 Å². The number of aromatic amines is 1. The van der Waals surface area contributed by atoms with E-state index in [0.29, 0.717) is 18.4 Å². The van der Waals surface area contributed by atoms with Crippen LogP contribution in [0.2, 0.25) is 0 Å². The van der Waals surface area contributed by atoms with Gasteiger partial charge in [-0.05, 0) is 33.4 Å². The summed E-state index contributed by atoms with van der Waals surface area (Å²) in [5.41, 5.74) is 0. The van der Waals surface area contributed by atoms with Crippen molar-refractivity contribution in [3.8, 4) is 0 Å². The van der Waals surface area contributed by atoms with Crippen molar-refractivity contribution in [2.24, 2.45) is 0 Å². The van der Waals surface area contributed by atoms with Gasteiger partial charge in [0.1, 0.15) is 5.82 Å². The molecule has 2 rings (SSSR count). The maximum atomic E-state index is 11.9. The Kier molecular flexibility index (Phi) is 3.50. The lowest BCUT2D eigenvalue weighted by atomic mass is 10.2. The van der Waals surface area contributed by atoms with Gasteiger partial charge in [-0.25, -0.2) is 18.1 Å². The molecule has 0 bridgehead atoms. The lowest BCUT2D eigenvalue weighted by molar-refractivity contribution is 0.310. The molecular weight excluding hydrogens is 240 g/mol. The molecule has 0 aromatic carbocycles. The van der Waals surface area contributed by atoms with Gasteiger partial charge in [-0.15, -0.1) is 0 Å². The Morgan fingerprint density at radius 1 is 1.65 bits per heavy atom. The van der Waals surface area contributed by atoms with E-state index in [1.54, 1.807) is 6.92 Å². The number of nitrogens with zero attached hydrogens (tertiary/aromatic N) is 2. The Bertz CT molecular complexity index is 482. The Labute approximate surface area is 101 Å². The number of likely N-dealkylation sites (tertiary alicyclic amines) is 1. The molecule has 0 saturated carbocycles. The maximum absolute atomic E-state index is 11.9. The Hall–Kier alpha value is -0.920. The second-order valence-electron chi connectivity index (χ2n) is 4.46. The summed E-state index contributed by atoms with van der Waals surface area (Å²) < 4.78 is 26.4. The number of sulfonamides is 1. The average molecular weight is 258 g/mol. The minimum absolute atomic E-state index is 0.135. The molecule has 2 N–H and O–H groups in total. The first-order valence-electron chi connectivity index (χ1n) is 5.70. The number of rotatable bonds is 4. The number of aryl methyl sites for hydroxylation is 1. The van der Waals surface area contributed by atoms with Crippen LogP contribution in [-0.4, -0.2) is 49.5 Å². The SMILES string of the molecule is Cc1ncc(S(=O)(=O)NCC2CCCN2C)[nH]1. The number of hydrogen-bond acceptors (Lipinski definition) is 4. The van der Waals surface area contributed by atoms with Crippen LogP contribution in [0, 0.1) is 6.92 Å². The summed E-state index contributed by atoms with van der Waals surface area (Å²) in [7, 11) is -1.42. The Morgan fingerprint density at radius 3 is 2.94 bits per heavy atom. The van der Waals surface area contributed by atoms with E-state index in [9.17, 15) is 8.42 Å². The third-order valence-corrected chi connectivity index (χ3v) is 4.48. The van der Waals surface area contributed by atoms with Crippen LogP contribution in [-0.2, 0) is 10.0 Å². The normalized spacial score (nSPS) is 22.1. The van der Waals surface area contributed by atoms with Gasteiger partial charge in [-0.2, -0.15) is 0 Å². The molecule has 1 saturated heterocycles. The number of aromatic nitrogens is 2. The van der Waals surface area contributed by atoms with Crippen LogP contribution < -0.4 is 4.72 Å². The lowest BCUT2D eigenvalue weighted by Crippen LogP contribution is -2.38. The third kappa shape index (κ3) is 2.85. The van der Waals surface area contributed by atoms with E-state index in [4.69, 9.17) is 0 Å². The zero-order valence-electron chi connectivity index (χ0n) is 10.1. The maximum Gasteiger partial charge on any atom is 0.257 e. The van der Waals surface area contributed by atoms with Crippen LogP contribution >= 0.6 is 0 Å². The first-order chi connectivity index (χ1) is 7.99. The largest absolute Gasteiger partial charge is 0.332 e. The van der Waals surface area contributed by atoms with Crippen molar-refractivity contribution in [2.75, 3.05) is 20.1 Å². The minimum atomic E-state index is -3.45. The van der Waals surface area contributed by atoms with Crippen molar-refractivity contribution in [1.29, 1.82) is 0 Å². The second-order valence-corrected chi connectivity index (χ2v) is 6.20. The van der Waals surface area contributed by atoms with Crippen LogP contribution in [0.25, 0.3) is 0 Å². The molecule has 6 nitrogen and oxygen atoms in total. The first-order valence-corrected chi connectivity index (χ1v) is 7.19. The van der Waals surface area contributed by atoms with Crippen molar-refractivity contribution in [1.82, 2.24) is 19.6 Å². The quantitative estimate of drug-likeness (QED) is 0.802. The van der Waals surface area contributed by atoms with Crippen molar-refractivity contribution < 1.29 is 8.42 Å². The van der Waals surface area contributed by atoms with Gasteiger partial charge < -0.3 is 9.88 Å². The molecule has 1 aliphatic heterocycles. The highest BCUT2D eigenvalue weighted by molar-refractivity contribution is 7.89. The molecule has 2 heterocycles. The van der Waals surface area contributed by atoms with Gasteiger partial charge in [0.2, 0.25) is 0 Å². The summed E-state index contributed by atoms with van der Waals surface area (Å²) in [5, 5.41) is 0.135. The van der Waals surface area contributed by atoms with Gasteiger partial charge in [-0.3, -0.25) is 0 Å². The molecule has 17 heavy (non-hydrogen) atoms. The van der Waals surface area contributed by atoms with Gasteiger partial charge >= 0.3 is 0 Å². The van der Waals surface area contributed by atoms with Crippen molar-refractivity contribution in [3.05, 3.63) is 12.0 Å². The molecule has 1 aliphatic rings. The highest BCUT2D eigenvalue weighted by atomic mass is 32.2. The summed E-state index contributed by atoms with van der Waals surface area (Å²) >= 11 is 0. The predicted octanol–water partition coefficient (Wildman–Crippen LogP) is 0.0906. The monoisotopic (exact) mass is 258 g/mol. The van der Waals surface area contributed by atoms with Gasteiger partial charge in [0, 0.05) is 12.6 Å². The van der Waals surface area contributed by atoms with E-state index in [-0.39, 0.29) is 5.03 Å². The molecule has 1 unspecified atom stereocenters. The van der Waals surface area contributed by atoms with E-state index in [1.807, 2.05) is 7.05 Å². The zero-order valence-corrected chi connectivity index (χ0v) is 10.9. The molecular formula is C10H18N4O2S. The number of likely N-dealkylation sites (N-methyl/N-ethyl adjacent to an activating group) is 1. The van der Waals surface area contributed by atoms with Crippen LogP contribution in [0.1, 0.15) is 18.7 Å². The van der Waals surface area contributed by atoms with E-state index in [2.05, 4.69) is 19.6 Å². The number of hydrogen-bond donors (Lipinski definition) is 2. The molecule has 0 radical (unpaired) electrons. The summed E-state index contributed by atoms with van der Waals surface area (Å²) in [5.74, 6) is 0.600. The van der Waals surface area contributed by atoms with E-state index >= 15 is 0 Å². The summed E-state index contributed by atoms with van der Waals surface area (Å²) in [4.78, 5) is 8.80. The molecule has 1 atom stereocenters. The molecule has 1 aromatic heterocycles. The number of nitrogens with one attached hydrogen (secondary N) is 2. The lowest BCUT2D eigenvalue weighted by Gasteiger charge is -2.19. The highest BCUT2D eigenvalue weighted by Gasteiger charge is 2.24. The third-order valence-electron chi connectivity index (χ3n) is 3.15. The van der Waals surface area contributed by atoms with E-state index < -0.39 is 10.0 Å². The number of H-pyrrole nitrogens is 1. The molecule has 7 heteroatoms. The van der Waals surface area contributed by atoms with Crippen LogP contribution in [0.3, 0.4) is 0 Å². The smallest absolute Gasteiger partial charge is 0.257 e. The average Bonchev–Trinajstić information content (AvgIpc) is 2.85. The Balaban J connectivity index is 1.98. The van der Waals surface area contributed by atoms with Crippen LogP contribution in [0.15, 0.2) is 11.2 Å². The molecule has 0 amide bonds. The standard InChI is InChI=1S/C10H18N4O2S/c1-8-11-7-10(13-8)17(15,16)12-6-9-4-3-5-14(9)2/h7,9,12H,3-6H2,1-2H3,(H,11,13). The molecule has 1 fully saturated rings. The van der Waals surface area contributed by atoms with Gasteiger partial charge in [0.15, 0.2) is 5.03 Å². The number of imidazole rings is 1. The van der Waals surface area contributed by atoms with Gasteiger partial charge in [0.25, 0.3) is 10.0 Å². The minimum Gasteiger partial charge on any atom is -0.332 e. The molecule has 0 aliphatic carbocycles. The van der Waals surface area contributed by atoms with Crippen molar-refractivity contribution >= 4 is 10.0 Å². The van der Waals surface area contributed by atoms with Crippen molar-refractivity contribution in [2.45, 2.75) is 30.8 Å². The molecule has 96 valence electrons. The van der Waals surface area contributed by atoms with Crippen molar-refractivity contribution in [3.63, 3.8) is 0 Å². The summed E-state index contributed by atoms with van der Waals surface area (Å²) in [6.45, 7) is 3.22. The fourth-order valence-electron chi connectivity index (χ4n) is 2.06. The summed E-state index contributed by atoms with van der Waals surface area (Å²) in [6, 6.07) is 0.300. The van der Waals surface area contributed by atoms with Crippen LogP contribution in [0.4, 0.5) is 0 Å².